The number of fused-ring (bicyclic) bond motifs is 1. The van der Waals surface area contributed by atoms with E-state index in [0.717, 1.165) is 9.86 Å². The fourth-order valence-corrected chi connectivity index (χ4v) is 2.18. The van der Waals surface area contributed by atoms with Crippen molar-refractivity contribution in [3.8, 4) is 5.75 Å². The quantitative estimate of drug-likeness (QED) is 0.595. The molecular formula is C9H5BrCl2N2O. The first-order valence-corrected chi connectivity index (χ1v) is 5.53. The number of methoxy groups -OCH3 is 1. The van der Waals surface area contributed by atoms with E-state index in [-0.39, 0.29) is 5.28 Å². The maximum atomic E-state index is 5.93. The first kappa shape index (κ1) is 10.9. The lowest BCUT2D eigenvalue weighted by molar-refractivity contribution is 0.412. The van der Waals surface area contributed by atoms with Crippen LogP contribution in [0.25, 0.3) is 10.9 Å². The summed E-state index contributed by atoms with van der Waals surface area (Å²) < 4.78 is 5.94. The Morgan fingerprint density at radius 3 is 2.67 bits per heavy atom. The van der Waals surface area contributed by atoms with Gasteiger partial charge in [-0.3, -0.25) is 0 Å². The minimum atomic E-state index is 0.122. The third-order valence-corrected chi connectivity index (χ3v) is 2.97. The van der Waals surface area contributed by atoms with Crippen LogP contribution in [-0.2, 0) is 0 Å². The van der Waals surface area contributed by atoms with Crippen LogP contribution in [0.3, 0.4) is 0 Å². The summed E-state index contributed by atoms with van der Waals surface area (Å²) in [5, 5.41) is 1.18. The van der Waals surface area contributed by atoms with Crippen molar-refractivity contribution < 1.29 is 4.74 Å². The van der Waals surface area contributed by atoms with E-state index in [9.17, 15) is 0 Å². The van der Waals surface area contributed by atoms with E-state index in [0.29, 0.717) is 16.4 Å². The van der Waals surface area contributed by atoms with Gasteiger partial charge in [-0.2, -0.15) is 0 Å². The van der Waals surface area contributed by atoms with Crippen molar-refractivity contribution in [2.24, 2.45) is 0 Å². The number of hydrogen-bond donors (Lipinski definition) is 0. The highest BCUT2D eigenvalue weighted by Gasteiger charge is 2.09. The first-order valence-electron chi connectivity index (χ1n) is 3.98. The highest BCUT2D eigenvalue weighted by atomic mass is 79.9. The molecule has 0 bridgehead atoms. The molecule has 0 spiro atoms. The molecule has 0 unspecified atom stereocenters. The monoisotopic (exact) mass is 306 g/mol. The molecule has 1 aromatic heterocycles. The molecule has 15 heavy (non-hydrogen) atoms. The lowest BCUT2D eigenvalue weighted by Crippen LogP contribution is -1.90. The van der Waals surface area contributed by atoms with Crippen LogP contribution in [0.1, 0.15) is 0 Å². The van der Waals surface area contributed by atoms with E-state index >= 15 is 0 Å². The minimum absolute atomic E-state index is 0.122. The number of ether oxygens (including phenoxy) is 1. The summed E-state index contributed by atoms with van der Waals surface area (Å²) in [6.45, 7) is 0. The second kappa shape index (κ2) is 4.12. The van der Waals surface area contributed by atoms with E-state index in [2.05, 4.69) is 25.9 Å². The summed E-state index contributed by atoms with van der Waals surface area (Å²) in [5.74, 6) is 0.674. The molecule has 0 amide bonds. The van der Waals surface area contributed by atoms with Gasteiger partial charge in [0.25, 0.3) is 0 Å². The lowest BCUT2D eigenvalue weighted by atomic mass is 10.2. The van der Waals surface area contributed by atoms with Gasteiger partial charge in [-0.05, 0) is 33.6 Å². The maximum Gasteiger partial charge on any atom is 0.224 e. The Balaban J connectivity index is 2.81. The fraction of sp³-hybridized carbons (Fsp3) is 0.111. The average Bonchev–Trinajstić information content (AvgIpc) is 2.18. The second-order valence-corrected chi connectivity index (χ2v) is 4.34. The summed E-state index contributed by atoms with van der Waals surface area (Å²) in [6, 6.07) is 3.55. The lowest BCUT2D eigenvalue weighted by Gasteiger charge is -2.05. The Morgan fingerprint density at radius 1 is 1.27 bits per heavy atom. The highest BCUT2D eigenvalue weighted by Crippen LogP contribution is 2.32. The van der Waals surface area contributed by atoms with Crippen LogP contribution >= 0.6 is 39.1 Å². The van der Waals surface area contributed by atoms with Crippen molar-refractivity contribution >= 4 is 50.0 Å². The molecular weight excluding hydrogens is 303 g/mol. The molecule has 0 saturated heterocycles. The molecule has 78 valence electrons. The van der Waals surface area contributed by atoms with Crippen LogP contribution in [0.4, 0.5) is 0 Å². The number of halogens is 3. The van der Waals surface area contributed by atoms with E-state index < -0.39 is 0 Å². The molecule has 2 aromatic rings. The number of aromatic nitrogens is 2. The number of benzene rings is 1. The number of hydrogen-bond acceptors (Lipinski definition) is 3. The minimum Gasteiger partial charge on any atom is -0.495 e. The molecule has 6 heteroatoms. The Kier molecular flexibility index (Phi) is 3.00. The predicted molar refractivity (Wildman–Crippen MR) is 63.8 cm³/mol. The topological polar surface area (TPSA) is 35.0 Å². The van der Waals surface area contributed by atoms with Gasteiger partial charge in [0.05, 0.1) is 17.1 Å². The van der Waals surface area contributed by atoms with Crippen LogP contribution in [0.2, 0.25) is 10.4 Å². The van der Waals surface area contributed by atoms with Crippen LogP contribution in [0.5, 0.6) is 5.75 Å². The Bertz CT molecular complexity index is 533. The molecule has 1 aromatic carbocycles. The van der Waals surface area contributed by atoms with E-state index in [1.54, 1.807) is 19.2 Å². The Hall–Kier alpha value is -0.580. The van der Waals surface area contributed by atoms with Crippen molar-refractivity contribution in [1.29, 1.82) is 0 Å². The summed E-state index contributed by atoms with van der Waals surface area (Å²) >= 11 is 15.0. The van der Waals surface area contributed by atoms with Crippen molar-refractivity contribution in [2.75, 3.05) is 7.11 Å². The van der Waals surface area contributed by atoms with Gasteiger partial charge in [0.2, 0.25) is 5.28 Å². The highest BCUT2D eigenvalue weighted by molar-refractivity contribution is 9.10. The van der Waals surface area contributed by atoms with Crippen LogP contribution in [0.15, 0.2) is 16.6 Å². The third-order valence-electron chi connectivity index (χ3n) is 1.90. The molecule has 0 aliphatic heterocycles. The molecule has 3 nitrogen and oxygen atoms in total. The number of rotatable bonds is 1. The van der Waals surface area contributed by atoms with Gasteiger partial charge >= 0.3 is 0 Å². The summed E-state index contributed by atoms with van der Waals surface area (Å²) in [5.41, 5.74) is 0.653. The van der Waals surface area contributed by atoms with Crippen LogP contribution < -0.4 is 4.74 Å². The molecule has 0 fully saturated rings. The maximum absolute atomic E-state index is 5.93. The van der Waals surface area contributed by atoms with Gasteiger partial charge in [-0.15, -0.1) is 0 Å². The van der Waals surface area contributed by atoms with Gasteiger partial charge in [0, 0.05) is 11.5 Å². The Morgan fingerprint density at radius 2 is 2.00 bits per heavy atom. The van der Waals surface area contributed by atoms with Gasteiger partial charge in [-0.1, -0.05) is 11.6 Å². The summed E-state index contributed by atoms with van der Waals surface area (Å²) in [6.07, 6.45) is 0. The molecule has 2 rings (SSSR count). The molecule has 0 aliphatic rings. The zero-order chi connectivity index (χ0) is 11.0. The van der Waals surface area contributed by atoms with Gasteiger partial charge in [0.1, 0.15) is 10.9 Å². The van der Waals surface area contributed by atoms with Crippen molar-refractivity contribution in [1.82, 2.24) is 9.97 Å². The largest absolute Gasteiger partial charge is 0.495 e. The van der Waals surface area contributed by atoms with Gasteiger partial charge in [0.15, 0.2) is 0 Å². The average molecular weight is 308 g/mol. The normalized spacial score (nSPS) is 10.7. The van der Waals surface area contributed by atoms with Crippen LogP contribution in [0, 0.1) is 0 Å². The molecule has 0 aliphatic carbocycles. The summed E-state index contributed by atoms with van der Waals surface area (Å²) in [7, 11) is 1.58. The van der Waals surface area contributed by atoms with E-state index in [1.165, 1.54) is 0 Å². The van der Waals surface area contributed by atoms with Crippen molar-refractivity contribution in [3.05, 3.63) is 27.0 Å². The van der Waals surface area contributed by atoms with Crippen molar-refractivity contribution in [2.45, 2.75) is 0 Å². The van der Waals surface area contributed by atoms with Gasteiger partial charge in [-0.25, -0.2) is 9.97 Å². The second-order valence-electron chi connectivity index (χ2n) is 2.79. The zero-order valence-corrected chi connectivity index (χ0v) is 10.7. The standard InChI is InChI=1S/C9H5BrCl2N2O/c1-15-7-3-6-4(2-5(7)10)8(11)14-9(12)13-6/h2-3H,1H3. The van der Waals surface area contributed by atoms with Gasteiger partial charge < -0.3 is 4.74 Å². The molecule has 0 radical (unpaired) electrons. The third kappa shape index (κ3) is 2.02. The molecule has 0 saturated carbocycles. The zero-order valence-electron chi connectivity index (χ0n) is 7.59. The first-order chi connectivity index (χ1) is 7.11. The SMILES string of the molecule is COc1cc2nc(Cl)nc(Cl)c2cc1Br. The van der Waals surface area contributed by atoms with E-state index in [1.807, 2.05) is 0 Å². The van der Waals surface area contributed by atoms with Crippen LogP contribution in [-0.4, -0.2) is 17.1 Å². The smallest absolute Gasteiger partial charge is 0.224 e. The molecule has 1 heterocycles. The Labute approximate surface area is 105 Å². The number of nitrogens with zero attached hydrogens (tertiary/aromatic N) is 2. The molecule has 0 atom stereocenters. The molecule has 0 N–H and O–H groups in total. The van der Waals surface area contributed by atoms with Crippen molar-refractivity contribution in [3.63, 3.8) is 0 Å². The van der Waals surface area contributed by atoms with E-state index in [4.69, 9.17) is 27.9 Å². The predicted octanol–water partition coefficient (Wildman–Crippen LogP) is 3.71. The fourth-order valence-electron chi connectivity index (χ4n) is 1.22. The summed E-state index contributed by atoms with van der Waals surface area (Å²) in [4.78, 5) is 7.91.